The second-order valence-electron chi connectivity index (χ2n) is 8.04. The summed E-state index contributed by atoms with van der Waals surface area (Å²) in [6.45, 7) is 1.17. The first kappa shape index (κ1) is 20.5. The van der Waals surface area contributed by atoms with E-state index in [-0.39, 0.29) is 5.91 Å². The molecule has 0 radical (unpaired) electrons. The van der Waals surface area contributed by atoms with E-state index in [1.165, 1.54) is 5.56 Å². The molecular formula is C22H26FN3O4. The first-order valence-corrected chi connectivity index (χ1v) is 10.5. The number of piperidine rings is 1. The molecule has 0 aliphatic carbocycles. The molecule has 1 amide bonds. The topological polar surface area (TPSA) is 73.5 Å². The van der Waals surface area contributed by atoms with E-state index < -0.39 is 29.8 Å². The fourth-order valence-corrected chi connectivity index (χ4v) is 4.28. The predicted molar refractivity (Wildman–Crippen MR) is 109 cm³/mol. The fourth-order valence-electron chi connectivity index (χ4n) is 4.28. The summed E-state index contributed by atoms with van der Waals surface area (Å²) in [7, 11) is 0. The van der Waals surface area contributed by atoms with E-state index in [9.17, 15) is 18.8 Å². The Balaban J connectivity index is 1.42. The number of aromatic nitrogens is 2. The van der Waals surface area contributed by atoms with E-state index in [0.29, 0.717) is 36.6 Å². The third-order valence-electron chi connectivity index (χ3n) is 6.00. The van der Waals surface area contributed by atoms with Gasteiger partial charge in [0.25, 0.3) is 5.56 Å². The van der Waals surface area contributed by atoms with Gasteiger partial charge in [0.2, 0.25) is 11.7 Å². The average molecular weight is 415 g/mol. The van der Waals surface area contributed by atoms with Crippen molar-refractivity contribution in [2.24, 2.45) is 5.92 Å². The minimum atomic E-state index is -1.07. The smallest absolute Gasteiger partial charge is 0.333 e. The van der Waals surface area contributed by atoms with Gasteiger partial charge in [-0.05, 0) is 43.6 Å². The summed E-state index contributed by atoms with van der Waals surface area (Å²) in [4.78, 5) is 39.3. The molecule has 8 heteroatoms. The number of hydrogen-bond donors (Lipinski definition) is 0. The lowest BCUT2D eigenvalue weighted by atomic mass is 9.90. The monoisotopic (exact) mass is 415 g/mol. The molecule has 1 atom stereocenters. The van der Waals surface area contributed by atoms with E-state index in [1.54, 1.807) is 4.90 Å². The molecule has 0 bridgehead atoms. The molecule has 160 valence electrons. The molecule has 2 aliphatic rings. The van der Waals surface area contributed by atoms with Crippen LogP contribution in [0.3, 0.4) is 0 Å². The molecule has 0 saturated carbocycles. The number of carbonyl (C=O) groups is 1. The zero-order valence-electron chi connectivity index (χ0n) is 16.8. The Labute approximate surface area is 173 Å². The van der Waals surface area contributed by atoms with E-state index in [4.69, 9.17) is 4.74 Å². The maximum atomic E-state index is 14.2. The highest BCUT2D eigenvalue weighted by Crippen LogP contribution is 2.22. The Kier molecular flexibility index (Phi) is 6.13. The van der Waals surface area contributed by atoms with Gasteiger partial charge in [0.05, 0.1) is 6.20 Å². The van der Waals surface area contributed by atoms with Crippen molar-refractivity contribution < 1.29 is 13.9 Å². The highest BCUT2D eigenvalue weighted by molar-refractivity contribution is 5.76. The molecule has 1 aromatic heterocycles. The Morgan fingerprint density at radius 1 is 1.10 bits per heavy atom. The minimum absolute atomic E-state index is 0.336. The largest absolute Gasteiger partial charge is 0.358 e. The Bertz CT molecular complexity index is 1000. The Hall–Kier alpha value is -2.74. The number of hydrogen-bond acceptors (Lipinski definition) is 4. The summed E-state index contributed by atoms with van der Waals surface area (Å²) in [5, 5.41) is 0. The van der Waals surface area contributed by atoms with Gasteiger partial charge in [-0.2, -0.15) is 4.39 Å². The zero-order valence-corrected chi connectivity index (χ0v) is 16.8. The van der Waals surface area contributed by atoms with Crippen molar-refractivity contribution in [2.45, 2.75) is 44.9 Å². The second kappa shape index (κ2) is 8.95. The van der Waals surface area contributed by atoms with Crippen LogP contribution in [0.4, 0.5) is 4.39 Å². The van der Waals surface area contributed by atoms with Gasteiger partial charge in [0.15, 0.2) is 0 Å². The first-order chi connectivity index (χ1) is 14.5. The molecule has 2 fully saturated rings. The molecule has 3 heterocycles. The van der Waals surface area contributed by atoms with Crippen LogP contribution in [-0.4, -0.2) is 39.6 Å². The highest BCUT2D eigenvalue weighted by atomic mass is 19.1. The normalized spacial score (nSPS) is 19.9. The molecule has 2 saturated heterocycles. The number of likely N-dealkylation sites (tertiary alicyclic amines) is 1. The van der Waals surface area contributed by atoms with Gasteiger partial charge in [-0.3, -0.25) is 14.2 Å². The van der Waals surface area contributed by atoms with Gasteiger partial charge >= 0.3 is 5.69 Å². The van der Waals surface area contributed by atoms with Crippen molar-refractivity contribution in [1.82, 2.24) is 14.0 Å². The quantitative estimate of drug-likeness (QED) is 0.748. The molecule has 4 rings (SSSR count). The van der Waals surface area contributed by atoms with Crippen molar-refractivity contribution >= 4 is 5.91 Å². The van der Waals surface area contributed by atoms with E-state index in [1.807, 2.05) is 18.2 Å². The van der Waals surface area contributed by atoms with Crippen LogP contribution in [-0.2, 0) is 22.5 Å². The number of ether oxygens (including phenoxy) is 1. The standard InChI is InChI=1S/C22H26FN3O4/c23-18-14-25(20-7-4-12-30-20)22(29)26(21(18)28)15-19(27)24-10-8-17(9-11-24)13-16-5-2-1-3-6-16/h1-3,5-6,14,17,20H,4,7-13,15H2/t20-/m1/s1. The number of carbonyl (C=O) groups excluding carboxylic acids is 1. The number of amides is 1. The zero-order chi connectivity index (χ0) is 21.1. The van der Waals surface area contributed by atoms with Gasteiger partial charge in [-0.25, -0.2) is 9.36 Å². The number of halogens is 1. The fraction of sp³-hybridized carbons (Fsp3) is 0.500. The second-order valence-corrected chi connectivity index (χ2v) is 8.04. The highest BCUT2D eigenvalue weighted by Gasteiger charge is 2.26. The SMILES string of the molecule is O=C(Cn1c(=O)c(F)cn([C@H]2CCCO2)c1=O)N1CCC(Cc2ccccc2)CC1. The average Bonchev–Trinajstić information content (AvgIpc) is 3.29. The van der Waals surface area contributed by atoms with Gasteiger partial charge in [0.1, 0.15) is 12.8 Å². The maximum absolute atomic E-state index is 14.2. The van der Waals surface area contributed by atoms with E-state index in [2.05, 4.69) is 12.1 Å². The van der Waals surface area contributed by atoms with Crippen molar-refractivity contribution in [1.29, 1.82) is 0 Å². The van der Waals surface area contributed by atoms with Crippen LogP contribution < -0.4 is 11.2 Å². The van der Waals surface area contributed by atoms with Crippen LogP contribution in [0.1, 0.15) is 37.5 Å². The maximum Gasteiger partial charge on any atom is 0.333 e. The summed E-state index contributed by atoms with van der Waals surface area (Å²) in [5.74, 6) is -0.901. The van der Waals surface area contributed by atoms with Crippen molar-refractivity contribution in [3.63, 3.8) is 0 Å². The summed E-state index contributed by atoms with van der Waals surface area (Å²) >= 11 is 0. The molecule has 1 aromatic carbocycles. The van der Waals surface area contributed by atoms with Crippen molar-refractivity contribution in [3.05, 3.63) is 68.7 Å². The summed E-state index contributed by atoms with van der Waals surface area (Å²) in [6.07, 6.45) is 4.31. The van der Waals surface area contributed by atoms with Gasteiger partial charge in [-0.1, -0.05) is 30.3 Å². The summed E-state index contributed by atoms with van der Waals surface area (Å²) in [5.41, 5.74) is -0.495. The predicted octanol–water partition coefficient (Wildman–Crippen LogP) is 1.94. The van der Waals surface area contributed by atoms with Gasteiger partial charge in [0, 0.05) is 19.7 Å². The van der Waals surface area contributed by atoms with Crippen LogP contribution in [0.15, 0.2) is 46.1 Å². The molecule has 0 spiro atoms. The lowest BCUT2D eigenvalue weighted by Gasteiger charge is -2.32. The number of benzene rings is 1. The summed E-state index contributed by atoms with van der Waals surface area (Å²) < 4.78 is 21.4. The molecule has 30 heavy (non-hydrogen) atoms. The Morgan fingerprint density at radius 2 is 1.83 bits per heavy atom. The lowest BCUT2D eigenvalue weighted by Crippen LogP contribution is -2.47. The van der Waals surface area contributed by atoms with Crippen LogP contribution >= 0.6 is 0 Å². The number of nitrogens with zero attached hydrogens (tertiary/aromatic N) is 3. The Morgan fingerprint density at radius 3 is 2.50 bits per heavy atom. The molecule has 0 unspecified atom stereocenters. The third-order valence-corrected chi connectivity index (χ3v) is 6.00. The van der Waals surface area contributed by atoms with Gasteiger partial charge in [-0.15, -0.1) is 0 Å². The van der Waals surface area contributed by atoms with Crippen LogP contribution in [0.2, 0.25) is 0 Å². The third kappa shape index (κ3) is 4.38. The molecule has 0 N–H and O–H groups in total. The number of rotatable bonds is 5. The minimum Gasteiger partial charge on any atom is -0.358 e. The van der Waals surface area contributed by atoms with E-state index >= 15 is 0 Å². The molecular weight excluding hydrogens is 389 g/mol. The van der Waals surface area contributed by atoms with Crippen LogP contribution in [0.25, 0.3) is 0 Å². The van der Waals surface area contributed by atoms with Crippen molar-refractivity contribution in [3.8, 4) is 0 Å². The summed E-state index contributed by atoms with van der Waals surface area (Å²) in [6, 6.07) is 10.2. The van der Waals surface area contributed by atoms with Crippen LogP contribution in [0.5, 0.6) is 0 Å². The van der Waals surface area contributed by atoms with Crippen LogP contribution in [0, 0.1) is 11.7 Å². The lowest BCUT2D eigenvalue weighted by molar-refractivity contribution is -0.133. The molecule has 2 aliphatic heterocycles. The first-order valence-electron chi connectivity index (χ1n) is 10.5. The van der Waals surface area contributed by atoms with E-state index in [0.717, 1.165) is 36.4 Å². The molecule has 7 nitrogen and oxygen atoms in total. The van der Waals surface area contributed by atoms with Gasteiger partial charge < -0.3 is 9.64 Å². The molecule has 2 aromatic rings. The van der Waals surface area contributed by atoms with Crippen molar-refractivity contribution in [2.75, 3.05) is 19.7 Å².